The van der Waals surface area contributed by atoms with Gasteiger partial charge in [0.15, 0.2) is 0 Å². The van der Waals surface area contributed by atoms with E-state index in [0.717, 1.165) is 41.8 Å². The minimum absolute atomic E-state index is 0.0477. The molecule has 3 aromatic rings. The second-order valence-electron chi connectivity index (χ2n) is 7.63. The Labute approximate surface area is 170 Å². The number of pyridine rings is 1. The zero-order chi connectivity index (χ0) is 20.2. The number of aromatic nitrogens is 3. The number of rotatable bonds is 5. The number of hydrogen-bond donors (Lipinski definition) is 2. The molecule has 1 aliphatic heterocycles. The second-order valence-corrected chi connectivity index (χ2v) is 7.63. The Morgan fingerprint density at radius 1 is 1.34 bits per heavy atom. The minimum atomic E-state index is -0.0759. The summed E-state index contributed by atoms with van der Waals surface area (Å²) in [5.41, 5.74) is 5.39. The number of fused-ring (bicyclic) bond motifs is 1. The number of imidazole rings is 1. The third-order valence-electron chi connectivity index (χ3n) is 5.51. The Kier molecular flexibility index (Phi) is 5.76. The average molecular weight is 393 g/mol. The van der Waals surface area contributed by atoms with E-state index in [9.17, 15) is 4.79 Å². The molecule has 2 N–H and O–H groups in total. The van der Waals surface area contributed by atoms with Crippen LogP contribution in [0.2, 0.25) is 0 Å². The predicted octanol–water partition coefficient (Wildman–Crippen LogP) is 3.47. The third kappa shape index (κ3) is 4.56. The molecule has 0 spiro atoms. The zero-order valence-corrected chi connectivity index (χ0v) is 16.9. The molecule has 3 heterocycles. The normalized spacial score (nSPS) is 16.9. The number of ether oxygens (including phenoxy) is 1. The van der Waals surface area contributed by atoms with Crippen LogP contribution in [0.1, 0.15) is 35.4 Å². The number of nitrogens with zero attached hydrogens (tertiary/aromatic N) is 3. The molecule has 1 fully saturated rings. The Morgan fingerprint density at radius 3 is 3.07 bits per heavy atom. The maximum atomic E-state index is 12.6. The summed E-state index contributed by atoms with van der Waals surface area (Å²) in [4.78, 5) is 26.5. The Bertz CT molecular complexity index is 986. The first-order valence-corrected chi connectivity index (χ1v) is 10.1. The van der Waals surface area contributed by atoms with Crippen LogP contribution in [0.15, 0.2) is 36.7 Å². The SMILES string of the molecule is Cc1ccc2[nH]c(CNC(=O)N3CCC[C@H](OCc4cccnc4)C3)nc2c1C. The van der Waals surface area contributed by atoms with Crippen molar-refractivity contribution in [3.8, 4) is 0 Å². The Hall–Kier alpha value is -2.93. The lowest BCUT2D eigenvalue weighted by Gasteiger charge is -2.32. The van der Waals surface area contributed by atoms with Gasteiger partial charge in [0.2, 0.25) is 0 Å². The van der Waals surface area contributed by atoms with Gasteiger partial charge in [-0.1, -0.05) is 12.1 Å². The van der Waals surface area contributed by atoms with Crippen LogP contribution in [0, 0.1) is 13.8 Å². The summed E-state index contributed by atoms with van der Waals surface area (Å²) < 4.78 is 6.00. The van der Waals surface area contributed by atoms with E-state index in [0.29, 0.717) is 19.7 Å². The molecule has 2 aromatic heterocycles. The van der Waals surface area contributed by atoms with Crippen molar-refractivity contribution in [1.29, 1.82) is 0 Å². The third-order valence-corrected chi connectivity index (χ3v) is 5.51. The summed E-state index contributed by atoms with van der Waals surface area (Å²) in [5.74, 6) is 0.767. The van der Waals surface area contributed by atoms with E-state index in [4.69, 9.17) is 4.74 Å². The quantitative estimate of drug-likeness (QED) is 0.695. The van der Waals surface area contributed by atoms with Crippen LogP contribution in [-0.4, -0.2) is 45.1 Å². The van der Waals surface area contributed by atoms with Gasteiger partial charge in [0.05, 0.1) is 30.3 Å². The molecule has 0 saturated carbocycles. The highest BCUT2D eigenvalue weighted by atomic mass is 16.5. The molecule has 2 amide bonds. The van der Waals surface area contributed by atoms with Crippen molar-refractivity contribution in [2.75, 3.05) is 13.1 Å². The summed E-state index contributed by atoms with van der Waals surface area (Å²) in [5, 5.41) is 2.99. The Morgan fingerprint density at radius 2 is 2.24 bits per heavy atom. The van der Waals surface area contributed by atoms with E-state index in [1.807, 2.05) is 29.3 Å². The molecule has 152 valence electrons. The zero-order valence-electron chi connectivity index (χ0n) is 16.9. The molecule has 4 rings (SSSR count). The molecular weight excluding hydrogens is 366 g/mol. The number of aromatic amines is 1. The maximum Gasteiger partial charge on any atom is 0.317 e. The molecule has 1 saturated heterocycles. The largest absolute Gasteiger partial charge is 0.372 e. The van der Waals surface area contributed by atoms with Crippen LogP contribution in [-0.2, 0) is 17.9 Å². The fourth-order valence-corrected chi connectivity index (χ4v) is 3.68. The standard InChI is InChI=1S/C22H27N5O2/c1-15-7-8-19-21(16(15)2)26-20(25-19)12-24-22(28)27-10-4-6-18(13-27)29-14-17-5-3-9-23-11-17/h3,5,7-9,11,18H,4,6,10,12-14H2,1-2H3,(H,24,28)(H,25,26)/t18-/m0/s1. The summed E-state index contributed by atoms with van der Waals surface area (Å²) in [6.07, 6.45) is 5.51. The molecule has 0 bridgehead atoms. The molecule has 0 aliphatic carbocycles. The molecular formula is C22H27N5O2. The van der Waals surface area contributed by atoms with E-state index in [-0.39, 0.29) is 12.1 Å². The molecule has 29 heavy (non-hydrogen) atoms. The lowest BCUT2D eigenvalue weighted by molar-refractivity contribution is -0.000471. The number of H-pyrrole nitrogens is 1. The Balaban J connectivity index is 1.30. The van der Waals surface area contributed by atoms with Gasteiger partial charge in [0, 0.05) is 25.5 Å². The first kappa shape index (κ1) is 19.4. The highest BCUT2D eigenvalue weighted by Crippen LogP contribution is 2.19. The monoisotopic (exact) mass is 393 g/mol. The maximum absolute atomic E-state index is 12.6. The number of likely N-dealkylation sites (tertiary alicyclic amines) is 1. The molecule has 1 atom stereocenters. The second kappa shape index (κ2) is 8.61. The van der Waals surface area contributed by atoms with Gasteiger partial charge in [-0.2, -0.15) is 0 Å². The molecule has 0 unspecified atom stereocenters. The van der Waals surface area contributed by atoms with Crippen molar-refractivity contribution in [1.82, 2.24) is 25.2 Å². The minimum Gasteiger partial charge on any atom is -0.372 e. The first-order valence-electron chi connectivity index (χ1n) is 10.1. The predicted molar refractivity (Wildman–Crippen MR) is 111 cm³/mol. The van der Waals surface area contributed by atoms with Crippen LogP contribution in [0.5, 0.6) is 0 Å². The van der Waals surface area contributed by atoms with E-state index < -0.39 is 0 Å². The van der Waals surface area contributed by atoms with Gasteiger partial charge in [0.1, 0.15) is 5.82 Å². The highest BCUT2D eigenvalue weighted by Gasteiger charge is 2.24. The average Bonchev–Trinajstić information content (AvgIpc) is 3.18. The number of urea groups is 1. The number of hydrogen-bond acceptors (Lipinski definition) is 4. The number of aryl methyl sites for hydroxylation is 2. The highest BCUT2D eigenvalue weighted by molar-refractivity contribution is 5.80. The van der Waals surface area contributed by atoms with Crippen LogP contribution in [0.3, 0.4) is 0 Å². The van der Waals surface area contributed by atoms with Crippen LogP contribution < -0.4 is 5.32 Å². The summed E-state index contributed by atoms with van der Waals surface area (Å²) >= 11 is 0. The van der Waals surface area contributed by atoms with Gasteiger partial charge in [-0.15, -0.1) is 0 Å². The number of piperidine rings is 1. The fraction of sp³-hybridized carbons (Fsp3) is 0.409. The van der Waals surface area contributed by atoms with Gasteiger partial charge in [-0.25, -0.2) is 9.78 Å². The number of carbonyl (C=O) groups is 1. The van der Waals surface area contributed by atoms with Crippen LogP contribution >= 0.6 is 0 Å². The van der Waals surface area contributed by atoms with Crippen molar-refractivity contribution >= 4 is 17.1 Å². The number of benzene rings is 1. The van der Waals surface area contributed by atoms with Gasteiger partial charge >= 0.3 is 6.03 Å². The molecule has 7 heteroatoms. The lowest BCUT2D eigenvalue weighted by atomic mass is 10.1. The first-order chi connectivity index (χ1) is 14.1. The number of nitrogens with one attached hydrogen (secondary N) is 2. The van der Waals surface area contributed by atoms with E-state index in [1.165, 1.54) is 11.1 Å². The van der Waals surface area contributed by atoms with Crippen LogP contribution in [0.4, 0.5) is 4.79 Å². The van der Waals surface area contributed by atoms with Crippen molar-refractivity contribution in [3.63, 3.8) is 0 Å². The fourth-order valence-electron chi connectivity index (χ4n) is 3.68. The number of carbonyl (C=O) groups excluding carboxylic acids is 1. The van der Waals surface area contributed by atoms with Crippen molar-refractivity contribution in [3.05, 3.63) is 59.2 Å². The lowest BCUT2D eigenvalue weighted by Crippen LogP contribution is -2.47. The topological polar surface area (TPSA) is 83.1 Å². The van der Waals surface area contributed by atoms with Crippen molar-refractivity contribution < 1.29 is 9.53 Å². The van der Waals surface area contributed by atoms with Gasteiger partial charge in [0.25, 0.3) is 0 Å². The molecule has 1 aliphatic rings. The van der Waals surface area contributed by atoms with Gasteiger partial charge < -0.3 is 19.9 Å². The summed E-state index contributed by atoms with van der Waals surface area (Å²) in [7, 11) is 0. The molecule has 1 aromatic carbocycles. The van der Waals surface area contributed by atoms with E-state index >= 15 is 0 Å². The molecule has 7 nitrogen and oxygen atoms in total. The summed E-state index contributed by atoms with van der Waals surface area (Å²) in [6, 6.07) is 7.94. The van der Waals surface area contributed by atoms with Crippen molar-refractivity contribution in [2.24, 2.45) is 0 Å². The smallest absolute Gasteiger partial charge is 0.317 e. The van der Waals surface area contributed by atoms with Gasteiger partial charge in [-0.3, -0.25) is 4.98 Å². The van der Waals surface area contributed by atoms with Crippen LogP contribution in [0.25, 0.3) is 11.0 Å². The molecule has 0 radical (unpaired) electrons. The van der Waals surface area contributed by atoms with E-state index in [1.54, 1.807) is 6.20 Å². The summed E-state index contributed by atoms with van der Waals surface area (Å²) in [6.45, 7) is 6.39. The number of amides is 2. The van der Waals surface area contributed by atoms with E-state index in [2.05, 4.69) is 40.2 Å². The van der Waals surface area contributed by atoms with Crippen molar-refractivity contribution in [2.45, 2.75) is 45.9 Å². The van der Waals surface area contributed by atoms with Gasteiger partial charge in [-0.05, 0) is 55.5 Å².